The van der Waals surface area contributed by atoms with Gasteiger partial charge in [0.05, 0.1) is 6.07 Å². The summed E-state index contributed by atoms with van der Waals surface area (Å²) in [6, 6.07) is 9.24. The number of hydrogen-bond donors (Lipinski definition) is 0. The lowest BCUT2D eigenvalue weighted by Crippen LogP contribution is -1.75. The SMILES string of the molecule is N#C[C]c1ccc(Br)cc1. The van der Waals surface area contributed by atoms with Crippen molar-refractivity contribution >= 4 is 15.9 Å². The molecule has 0 atom stereocenters. The van der Waals surface area contributed by atoms with E-state index in [0.29, 0.717) is 0 Å². The van der Waals surface area contributed by atoms with E-state index < -0.39 is 0 Å². The fourth-order valence-electron chi connectivity index (χ4n) is 0.598. The molecule has 0 aliphatic heterocycles. The molecule has 0 unspecified atom stereocenters. The lowest BCUT2D eigenvalue weighted by atomic mass is 10.2. The van der Waals surface area contributed by atoms with E-state index in [-0.39, 0.29) is 0 Å². The van der Waals surface area contributed by atoms with Crippen molar-refractivity contribution in [3.8, 4) is 6.07 Å². The molecular weight excluding hydrogens is 190 g/mol. The first-order valence-electron chi connectivity index (χ1n) is 2.73. The van der Waals surface area contributed by atoms with Crippen LogP contribution >= 0.6 is 15.9 Å². The minimum absolute atomic E-state index is 0.811. The Balaban J connectivity index is 2.81. The average Bonchev–Trinajstić information content (AvgIpc) is 1.95. The van der Waals surface area contributed by atoms with Crippen LogP contribution < -0.4 is 0 Å². The molecule has 0 aliphatic rings. The van der Waals surface area contributed by atoms with Gasteiger partial charge in [-0.1, -0.05) is 28.1 Å². The van der Waals surface area contributed by atoms with Crippen LogP contribution in [0.5, 0.6) is 0 Å². The lowest BCUT2D eigenvalue weighted by Gasteiger charge is -1.90. The van der Waals surface area contributed by atoms with Crippen molar-refractivity contribution in [2.75, 3.05) is 0 Å². The van der Waals surface area contributed by atoms with Crippen molar-refractivity contribution in [3.05, 3.63) is 40.7 Å². The van der Waals surface area contributed by atoms with Gasteiger partial charge < -0.3 is 0 Å². The maximum Gasteiger partial charge on any atom is 0.131 e. The topological polar surface area (TPSA) is 23.8 Å². The van der Waals surface area contributed by atoms with Crippen LogP contribution in [-0.4, -0.2) is 0 Å². The van der Waals surface area contributed by atoms with Crippen LogP contribution in [0.4, 0.5) is 0 Å². The molecule has 0 aliphatic carbocycles. The highest BCUT2D eigenvalue weighted by atomic mass is 79.9. The Morgan fingerprint density at radius 1 is 1.20 bits per heavy atom. The Morgan fingerprint density at radius 3 is 2.30 bits per heavy atom. The number of halogens is 1. The van der Waals surface area contributed by atoms with E-state index in [0.717, 1.165) is 10.0 Å². The molecule has 0 fully saturated rings. The fraction of sp³-hybridized carbons (Fsp3) is 0. The van der Waals surface area contributed by atoms with Gasteiger partial charge in [-0.3, -0.25) is 0 Å². The van der Waals surface area contributed by atoms with Gasteiger partial charge in [0.25, 0.3) is 0 Å². The molecule has 0 spiro atoms. The second-order valence-corrected chi connectivity index (χ2v) is 2.66. The van der Waals surface area contributed by atoms with Gasteiger partial charge >= 0.3 is 0 Å². The first kappa shape index (κ1) is 7.30. The highest BCUT2D eigenvalue weighted by Gasteiger charge is 1.90. The van der Waals surface area contributed by atoms with Gasteiger partial charge in [-0.2, -0.15) is 5.26 Å². The summed E-state index contributed by atoms with van der Waals surface area (Å²) in [5.41, 5.74) is 0.811. The van der Waals surface area contributed by atoms with Gasteiger partial charge in [-0.05, 0) is 17.7 Å². The largest absolute Gasteiger partial charge is 0.197 e. The van der Waals surface area contributed by atoms with Crippen LogP contribution in [-0.2, 0) is 0 Å². The summed E-state index contributed by atoms with van der Waals surface area (Å²) in [7, 11) is 0. The summed E-state index contributed by atoms with van der Waals surface area (Å²) in [5, 5.41) is 8.22. The third-order valence-corrected chi connectivity index (χ3v) is 1.57. The second kappa shape index (κ2) is 3.38. The molecule has 0 saturated heterocycles. The number of nitriles is 1. The van der Waals surface area contributed by atoms with Crippen molar-refractivity contribution < 1.29 is 0 Å². The smallest absolute Gasteiger partial charge is 0.131 e. The number of benzene rings is 1. The molecule has 48 valence electrons. The molecule has 1 rings (SSSR count). The molecule has 2 radical (unpaired) electrons. The Hall–Kier alpha value is -0.810. The monoisotopic (exact) mass is 193 g/mol. The molecule has 10 heavy (non-hydrogen) atoms. The molecule has 0 N–H and O–H groups in total. The van der Waals surface area contributed by atoms with Crippen molar-refractivity contribution in [3.63, 3.8) is 0 Å². The summed E-state index contributed by atoms with van der Waals surface area (Å²) in [6.45, 7) is 0. The van der Waals surface area contributed by atoms with Gasteiger partial charge in [0.15, 0.2) is 0 Å². The van der Waals surface area contributed by atoms with Crippen LogP contribution in [0.25, 0.3) is 0 Å². The van der Waals surface area contributed by atoms with Crippen molar-refractivity contribution in [2.45, 2.75) is 0 Å². The minimum Gasteiger partial charge on any atom is -0.197 e. The van der Waals surface area contributed by atoms with Gasteiger partial charge in [-0.15, -0.1) is 0 Å². The van der Waals surface area contributed by atoms with Crippen LogP contribution in [0.1, 0.15) is 5.56 Å². The first-order chi connectivity index (χ1) is 4.83. The summed E-state index contributed by atoms with van der Waals surface area (Å²) >= 11 is 3.29. The Labute approximate surface area is 68.4 Å². The van der Waals surface area contributed by atoms with Crippen LogP contribution in [0.3, 0.4) is 0 Å². The standard InChI is InChI=1S/C8H4BrN/c9-8-3-1-7(2-4-8)5-6-10/h1-4H. The van der Waals surface area contributed by atoms with Gasteiger partial charge in [0, 0.05) is 4.47 Å². The Morgan fingerprint density at radius 2 is 1.80 bits per heavy atom. The molecule has 0 aromatic heterocycles. The van der Waals surface area contributed by atoms with E-state index in [4.69, 9.17) is 5.26 Å². The number of hydrogen-bond acceptors (Lipinski definition) is 1. The zero-order valence-corrected chi connectivity index (χ0v) is 6.72. The highest BCUT2D eigenvalue weighted by Crippen LogP contribution is 2.10. The zero-order valence-electron chi connectivity index (χ0n) is 5.13. The summed E-state index contributed by atoms with van der Waals surface area (Å²) in [5.74, 6) is 0. The van der Waals surface area contributed by atoms with Gasteiger partial charge in [0.2, 0.25) is 0 Å². The zero-order chi connectivity index (χ0) is 7.40. The lowest BCUT2D eigenvalue weighted by molar-refractivity contribution is 1.45. The fourth-order valence-corrected chi connectivity index (χ4v) is 0.862. The minimum atomic E-state index is 0.811. The highest BCUT2D eigenvalue weighted by molar-refractivity contribution is 9.10. The third-order valence-electron chi connectivity index (χ3n) is 1.04. The van der Waals surface area contributed by atoms with Crippen LogP contribution in [0, 0.1) is 17.8 Å². The average molecular weight is 194 g/mol. The van der Waals surface area contributed by atoms with Gasteiger partial charge in [0.1, 0.15) is 6.42 Å². The van der Waals surface area contributed by atoms with E-state index in [1.807, 2.05) is 30.3 Å². The molecule has 2 heteroatoms. The molecule has 1 nitrogen and oxygen atoms in total. The maximum absolute atomic E-state index is 8.22. The molecule has 1 aromatic rings. The molecular formula is C8H4BrN. The van der Waals surface area contributed by atoms with E-state index in [9.17, 15) is 0 Å². The normalized spacial score (nSPS) is 8.80. The van der Waals surface area contributed by atoms with Gasteiger partial charge in [-0.25, -0.2) is 0 Å². The molecule has 0 bridgehead atoms. The van der Waals surface area contributed by atoms with E-state index in [1.165, 1.54) is 0 Å². The second-order valence-electron chi connectivity index (χ2n) is 1.74. The predicted octanol–water partition coefficient (Wildman–Crippen LogP) is 2.40. The van der Waals surface area contributed by atoms with Crippen molar-refractivity contribution in [1.29, 1.82) is 5.26 Å². The molecule has 0 amide bonds. The van der Waals surface area contributed by atoms with Crippen LogP contribution in [0.15, 0.2) is 28.7 Å². The number of rotatable bonds is 1. The summed E-state index contributed by atoms with van der Waals surface area (Å²) < 4.78 is 1.01. The molecule has 1 aromatic carbocycles. The molecule has 0 saturated carbocycles. The van der Waals surface area contributed by atoms with Crippen molar-refractivity contribution in [2.24, 2.45) is 0 Å². The Kier molecular flexibility index (Phi) is 2.47. The Bertz CT molecular complexity index is 245. The quantitative estimate of drug-likeness (QED) is 0.673. The summed E-state index contributed by atoms with van der Waals surface area (Å²) in [6.07, 6.45) is 2.52. The molecule has 0 heterocycles. The predicted molar refractivity (Wildman–Crippen MR) is 42.1 cm³/mol. The first-order valence-corrected chi connectivity index (χ1v) is 3.53. The van der Waals surface area contributed by atoms with E-state index in [1.54, 1.807) is 0 Å². The maximum atomic E-state index is 8.22. The van der Waals surface area contributed by atoms with Crippen molar-refractivity contribution in [1.82, 2.24) is 0 Å². The summed E-state index contributed by atoms with van der Waals surface area (Å²) in [4.78, 5) is 0. The van der Waals surface area contributed by atoms with E-state index in [2.05, 4.69) is 22.4 Å². The third kappa shape index (κ3) is 1.85. The van der Waals surface area contributed by atoms with E-state index >= 15 is 0 Å². The number of nitrogens with zero attached hydrogens (tertiary/aromatic N) is 1. The van der Waals surface area contributed by atoms with Crippen LogP contribution in [0.2, 0.25) is 0 Å².